The molecule has 4 rings (SSSR count). The van der Waals surface area contributed by atoms with Crippen molar-refractivity contribution >= 4 is 49.1 Å². The fourth-order valence-corrected chi connectivity index (χ4v) is 4.60. The van der Waals surface area contributed by atoms with Crippen LogP contribution in [0.3, 0.4) is 0 Å². The van der Waals surface area contributed by atoms with Gasteiger partial charge in [0.15, 0.2) is 0 Å². The number of amides is 1. The number of nitrogens with zero attached hydrogens (tertiary/aromatic N) is 2. The summed E-state index contributed by atoms with van der Waals surface area (Å²) in [5, 5.41) is 8.56. The first-order valence-electron chi connectivity index (χ1n) is 8.64. The Morgan fingerprint density at radius 2 is 2.04 bits per heavy atom. The van der Waals surface area contributed by atoms with Crippen molar-refractivity contribution in [2.45, 2.75) is 6.92 Å². The van der Waals surface area contributed by atoms with Crippen molar-refractivity contribution in [3.63, 3.8) is 0 Å². The lowest BCUT2D eigenvalue weighted by molar-refractivity contribution is 0.103. The number of anilines is 1. The first kappa shape index (κ1) is 18.7. The van der Waals surface area contributed by atoms with E-state index in [1.165, 1.54) is 11.3 Å². The Balaban J connectivity index is 1.70. The Kier molecular flexibility index (Phi) is 4.95. The zero-order valence-electron chi connectivity index (χ0n) is 15.6. The number of halogens is 1. The van der Waals surface area contributed by atoms with E-state index in [9.17, 15) is 4.79 Å². The summed E-state index contributed by atoms with van der Waals surface area (Å²) in [6, 6.07) is 15.5. The number of aryl methyl sites for hydroxylation is 2. The number of thiophene rings is 1. The van der Waals surface area contributed by atoms with Gasteiger partial charge in [-0.2, -0.15) is 5.10 Å². The predicted octanol–water partition coefficient (Wildman–Crippen LogP) is 5.63. The van der Waals surface area contributed by atoms with Crippen LogP contribution in [0.1, 0.15) is 15.2 Å². The molecule has 2 aromatic carbocycles. The number of methoxy groups -OCH3 is 1. The monoisotopic (exact) mass is 455 g/mol. The molecule has 0 atom stereocenters. The van der Waals surface area contributed by atoms with Crippen LogP contribution < -0.4 is 10.1 Å². The van der Waals surface area contributed by atoms with Gasteiger partial charge in [0.05, 0.1) is 17.7 Å². The van der Waals surface area contributed by atoms with E-state index in [1.54, 1.807) is 7.11 Å². The van der Waals surface area contributed by atoms with Crippen LogP contribution >= 0.6 is 27.3 Å². The maximum atomic E-state index is 12.8. The van der Waals surface area contributed by atoms with E-state index >= 15 is 0 Å². The molecule has 0 aliphatic heterocycles. The normalized spacial score (nSPS) is 11.0. The lowest BCUT2D eigenvalue weighted by Crippen LogP contribution is -2.10. The van der Waals surface area contributed by atoms with Crippen LogP contribution in [-0.2, 0) is 7.05 Å². The Hall–Kier alpha value is -2.64. The molecule has 7 heteroatoms. The van der Waals surface area contributed by atoms with E-state index in [2.05, 4.69) is 26.3 Å². The third-order valence-electron chi connectivity index (χ3n) is 4.45. The molecule has 0 saturated carbocycles. The molecule has 0 bridgehead atoms. The number of ether oxygens (including phenoxy) is 1. The molecular weight excluding hydrogens is 438 g/mol. The number of aromatic nitrogens is 2. The number of hydrogen-bond acceptors (Lipinski definition) is 4. The highest BCUT2D eigenvalue weighted by atomic mass is 79.9. The first-order valence-corrected chi connectivity index (χ1v) is 10.3. The second-order valence-corrected chi connectivity index (χ2v) is 8.36. The van der Waals surface area contributed by atoms with Crippen LogP contribution in [0.5, 0.6) is 5.75 Å². The summed E-state index contributed by atoms with van der Waals surface area (Å²) in [5.41, 5.74) is 3.67. The van der Waals surface area contributed by atoms with E-state index in [-0.39, 0.29) is 5.91 Å². The largest absolute Gasteiger partial charge is 0.497 e. The van der Waals surface area contributed by atoms with Crippen molar-refractivity contribution in [3.8, 4) is 17.0 Å². The summed E-state index contributed by atoms with van der Waals surface area (Å²) in [6.45, 7) is 2.01. The molecule has 2 heterocycles. The minimum atomic E-state index is -0.137. The van der Waals surface area contributed by atoms with Crippen molar-refractivity contribution in [2.75, 3.05) is 12.4 Å². The summed E-state index contributed by atoms with van der Waals surface area (Å²) in [5.74, 6) is 0.635. The molecular formula is C21H18BrN3O2S. The molecule has 1 N–H and O–H groups in total. The van der Waals surface area contributed by atoms with Gasteiger partial charge in [-0.25, -0.2) is 0 Å². The van der Waals surface area contributed by atoms with E-state index in [0.29, 0.717) is 4.88 Å². The van der Waals surface area contributed by atoms with Gasteiger partial charge in [-0.05, 0) is 58.7 Å². The van der Waals surface area contributed by atoms with Crippen molar-refractivity contribution < 1.29 is 9.53 Å². The maximum Gasteiger partial charge on any atom is 0.265 e. The van der Waals surface area contributed by atoms with Gasteiger partial charge in [0.2, 0.25) is 0 Å². The fraction of sp³-hybridized carbons (Fsp3) is 0.143. The minimum Gasteiger partial charge on any atom is -0.497 e. The van der Waals surface area contributed by atoms with Crippen molar-refractivity contribution in [1.29, 1.82) is 0 Å². The zero-order valence-corrected chi connectivity index (χ0v) is 18.0. The number of rotatable bonds is 4. The molecule has 1 amide bonds. The molecule has 0 radical (unpaired) electrons. The number of carbonyl (C=O) groups excluding carboxylic acids is 1. The molecule has 0 saturated heterocycles. The topological polar surface area (TPSA) is 56.2 Å². The summed E-state index contributed by atoms with van der Waals surface area (Å²) in [7, 11) is 3.53. The lowest BCUT2D eigenvalue weighted by Gasteiger charge is -2.07. The third-order valence-corrected chi connectivity index (χ3v) is 6.31. The molecule has 0 fully saturated rings. The molecule has 0 unspecified atom stereocenters. The lowest BCUT2D eigenvalue weighted by atomic mass is 10.1. The van der Waals surface area contributed by atoms with E-state index in [0.717, 1.165) is 42.9 Å². The highest BCUT2D eigenvalue weighted by molar-refractivity contribution is 9.10. The number of hydrogen-bond donors (Lipinski definition) is 1. The Morgan fingerprint density at radius 1 is 1.21 bits per heavy atom. The van der Waals surface area contributed by atoms with Crippen molar-refractivity contribution in [2.24, 2.45) is 7.05 Å². The van der Waals surface area contributed by atoms with Gasteiger partial charge in [0, 0.05) is 22.5 Å². The van der Waals surface area contributed by atoms with Gasteiger partial charge < -0.3 is 10.1 Å². The third kappa shape index (κ3) is 3.43. The second kappa shape index (κ2) is 7.41. The smallest absolute Gasteiger partial charge is 0.265 e. The van der Waals surface area contributed by atoms with Gasteiger partial charge in [-0.3, -0.25) is 9.48 Å². The standard InChI is InChI=1S/C21H18BrN3O2S/c1-12-7-8-17(16(22)9-12)23-20(26)18-11-15-19(24-25(2)21(15)28-18)13-5-4-6-14(10-13)27-3/h4-11H,1-3H3,(H,23,26). The molecule has 4 aromatic rings. The van der Waals surface area contributed by atoms with Crippen LogP contribution in [0.4, 0.5) is 5.69 Å². The van der Waals surface area contributed by atoms with Crippen molar-refractivity contribution in [3.05, 3.63) is 63.4 Å². The van der Waals surface area contributed by atoms with Gasteiger partial charge >= 0.3 is 0 Å². The Bertz CT molecular complexity index is 1200. The van der Waals surface area contributed by atoms with Crippen LogP contribution in [0.2, 0.25) is 0 Å². The molecule has 2 aromatic heterocycles. The zero-order chi connectivity index (χ0) is 19.8. The van der Waals surface area contributed by atoms with E-state index in [1.807, 2.05) is 67.2 Å². The van der Waals surface area contributed by atoms with Crippen LogP contribution in [0.25, 0.3) is 21.5 Å². The molecule has 0 aliphatic rings. The average molecular weight is 456 g/mol. The van der Waals surface area contributed by atoms with Gasteiger partial charge in [0.25, 0.3) is 5.91 Å². The summed E-state index contributed by atoms with van der Waals surface area (Å²) in [6.07, 6.45) is 0. The number of carbonyl (C=O) groups is 1. The number of nitrogens with one attached hydrogen (secondary N) is 1. The minimum absolute atomic E-state index is 0.137. The quantitative estimate of drug-likeness (QED) is 0.433. The SMILES string of the molecule is COc1cccc(-c2nn(C)c3sc(C(=O)Nc4ccc(C)cc4Br)cc23)c1. The van der Waals surface area contributed by atoms with Crippen LogP contribution in [0.15, 0.2) is 53.0 Å². The molecule has 0 aliphatic carbocycles. The highest BCUT2D eigenvalue weighted by Crippen LogP contribution is 2.35. The number of fused-ring (bicyclic) bond motifs is 1. The molecule has 28 heavy (non-hydrogen) atoms. The molecule has 0 spiro atoms. The average Bonchev–Trinajstić information content (AvgIpc) is 3.25. The maximum absolute atomic E-state index is 12.8. The van der Waals surface area contributed by atoms with Crippen LogP contribution in [-0.4, -0.2) is 22.8 Å². The second-order valence-electron chi connectivity index (χ2n) is 6.47. The Morgan fingerprint density at radius 3 is 2.79 bits per heavy atom. The Labute approximate surface area is 175 Å². The summed E-state index contributed by atoms with van der Waals surface area (Å²) in [4.78, 5) is 14.4. The van der Waals surface area contributed by atoms with E-state index in [4.69, 9.17) is 4.74 Å². The number of benzene rings is 2. The van der Waals surface area contributed by atoms with Crippen molar-refractivity contribution in [1.82, 2.24) is 9.78 Å². The van der Waals surface area contributed by atoms with Gasteiger partial charge in [0.1, 0.15) is 16.3 Å². The highest BCUT2D eigenvalue weighted by Gasteiger charge is 2.19. The summed E-state index contributed by atoms with van der Waals surface area (Å²) >= 11 is 4.93. The first-order chi connectivity index (χ1) is 13.5. The van der Waals surface area contributed by atoms with Gasteiger partial charge in [-0.15, -0.1) is 11.3 Å². The molecule has 142 valence electrons. The molecule has 5 nitrogen and oxygen atoms in total. The van der Waals surface area contributed by atoms with Crippen LogP contribution in [0, 0.1) is 6.92 Å². The summed E-state index contributed by atoms with van der Waals surface area (Å²) < 4.78 is 8.00. The predicted molar refractivity (Wildman–Crippen MR) is 117 cm³/mol. The van der Waals surface area contributed by atoms with E-state index < -0.39 is 0 Å². The fourth-order valence-electron chi connectivity index (χ4n) is 3.04. The van der Waals surface area contributed by atoms with Gasteiger partial charge in [-0.1, -0.05) is 18.2 Å².